The second-order valence-electron chi connectivity index (χ2n) is 4.90. The quantitative estimate of drug-likeness (QED) is 0.618. The van der Waals surface area contributed by atoms with Crippen LogP contribution in [0.25, 0.3) is 0 Å². The Labute approximate surface area is 114 Å². The second-order valence-corrected chi connectivity index (χ2v) is 7.24. The predicted molar refractivity (Wildman–Crippen MR) is 71.8 cm³/mol. The van der Waals surface area contributed by atoms with Crippen LogP contribution >= 0.6 is 0 Å². The zero-order chi connectivity index (χ0) is 12.4. The van der Waals surface area contributed by atoms with Gasteiger partial charge < -0.3 is 0 Å². The van der Waals surface area contributed by atoms with Crippen LogP contribution in [0.1, 0.15) is 32.1 Å². The summed E-state index contributed by atoms with van der Waals surface area (Å²) in [7, 11) is 0. The van der Waals surface area contributed by atoms with Crippen LogP contribution in [0.2, 0.25) is 0 Å². The van der Waals surface area contributed by atoms with Crippen molar-refractivity contribution in [2.75, 3.05) is 0 Å². The van der Waals surface area contributed by atoms with Gasteiger partial charge in [-0.25, -0.2) is 0 Å². The molecule has 3 heteroatoms. The molecule has 2 aliphatic rings. The van der Waals surface area contributed by atoms with Crippen LogP contribution in [-0.2, 0) is 9.53 Å². The van der Waals surface area contributed by atoms with E-state index >= 15 is 0 Å². The molecule has 0 radical (unpaired) electrons. The first-order valence-electron chi connectivity index (χ1n) is 6.47. The predicted octanol–water partition coefficient (Wildman–Crippen LogP) is 2.16. The van der Waals surface area contributed by atoms with E-state index in [9.17, 15) is 4.79 Å². The summed E-state index contributed by atoms with van der Waals surface area (Å²) >= 11 is 0.213. The molecule has 1 aliphatic carbocycles. The molecule has 0 unspecified atom stereocenters. The summed E-state index contributed by atoms with van der Waals surface area (Å²) in [6.45, 7) is 0. The molecule has 1 fully saturated rings. The number of ether oxygens (including phenoxy) is 1. The van der Waals surface area contributed by atoms with Crippen molar-refractivity contribution >= 4 is 25.4 Å². The van der Waals surface area contributed by atoms with Gasteiger partial charge in [-0.05, 0) is 0 Å². The molecule has 2 nitrogen and oxygen atoms in total. The molecule has 0 aromatic heterocycles. The third kappa shape index (κ3) is 2.25. The van der Waals surface area contributed by atoms with E-state index in [0.717, 1.165) is 12.8 Å². The van der Waals surface area contributed by atoms with Crippen LogP contribution in [0.4, 0.5) is 0 Å². The molecule has 1 aromatic rings. The fourth-order valence-corrected chi connectivity index (χ4v) is 5.10. The van der Waals surface area contributed by atoms with Gasteiger partial charge in [0.05, 0.1) is 0 Å². The standard InChI is InChI=1S/C15H16O2Se/c16-14-11-13(18-12-7-3-1-4-8-12)15(17-14)9-5-2-6-10-15/h1,3-4,7-8,11H,2,5-6,9-10H2. The van der Waals surface area contributed by atoms with Crippen molar-refractivity contribution in [3.8, 4) is 0 Å². The summed E-state index contributed by atoms with van der Waals surface area (Å²) in [5, 5.41) is 0. The zero-order valence-electron chi connectivity index (χ0n) is 10.2. The van der Waals surface area contributed by atoms with Gasteiger partial charge >= 0.3 is 114 Å². The van der Waals surface area contributed by atoms with E-state index in [1.54, 1.807) is 6.08 Å². The van der Waals surface area contributed by atoms with Crippen LogP contribution in [0, 0.1) is 0 Å². The zero-order valence-corrected chi connectivity index (χ0v) is 11.9. The van der Waals surface area contributed by atoms with Gasteiger partial charge in [0, 0.05) is 0 Å². The molecule has 1 aliphatic heterocycles. The van der Waals surface area contributed by atoms with Gasteiger partial charge in [0.1, 0.15) is 0 Å². The second kappa shape index (κ2) is 4.91. The third-order valence-electron chi connectivity index (χ3n) is 3.63. The first-order chi connectivity index (χ1) is 8.78. The monoisotopic (exact) mass is 308 g/mol. The van der Waals surface area contributed by atoms with Crippen LogP contribution in [-0.4, -0.2) is 26.5 Å². The van der Waals surface area contributed by atoms with Crippen molar-refractivity contribution in [3.05, 3.63) is 40.9 Å². The Kier molecular flexibility index (Phi) is 3.27. The van der Waals surface area contributed by atoms with Gasteiger partial charge in [0.2, 0.25) is 0 Å². The Morgan fingerprint density at radius 1 is 1.06 bits per heavy atom. The van der Waals surface area contributed by atoms with E-state index in [4.69, 9.17) is 4.74 Å². The van der Waals surface area contributed by atoms with Gasteiger partial charge in [0.25, 0.3) is 0 Å². The van der Waals surface area contributed by atoms with Crippen molar-refractivity contribution in [1.82, 2.24) is 0 Å². The summed E-state index contributed by atoms with van der Waals surface area (Å²) in [5.41, 5.74) is -0.245. The Bertz CT molecular complexity index is 473. The van der Waals surface area contributed by atoms with Gasteiger partial charge in [-0.2, -0.15) is 0 Å². The minimum atomic E-state index is -0.245. The average Bonchev–Trinajstić information content (AvgIpc) is 2.67. The SMILES string of the molecule is O=C1C=C([Se]c2ccccc2)C2(CCCCC2)O1. The van der Waals surface area contributed by atoms with Gasteiger partial charge in [0.15, 0.2) is 0 Å². The van der Waals surface area contributed by atoms with Crippen LogP contribution in [0.5, 0.6) is 0 Å². The van der Waals surface area contributed by atoms with Gasteiger partial charge in [-0.1, -0.05) is 0 Å². The summed E-state index contributed by atoms with van der Waals surface area (Å²) in [4.78, 5) is 11.6. The number of rotatable bonds is 2. The Balaban J connectivity index is 1.84. The van der Waals surface area contributed by atoms with Crippen LogP contribution in [0.3, 0.4) is 0 Å². The average molecular weight is 307 g/mol. The maximum atomic E-state index is 11.6. The molecule has 18 heavy (non-hydrogen) atoms. The molecule has 0 bridgehead atoms. The van der Waals surface area contributed by atoms with Gasteiger partial charge in [-0.15, -0.1) is 0 Å². The fourth-order valence-electron chi connectivity index (χ4n) is 2.72. The van der Waals surface area contributed by atoms with E-state index in [-0.39, 0.29) is 26.5 Å². The third-order valence-corrected chi connectivity index (χ3v) is 6.18. The number of esters is 1. The van der Waals surface area contributed by atoms with Crippen molar-refractivity contribution in [3.63, 3.8) is 0 Å². The summed E-state index contributed by atoms with van der Waals surface area (Å²) in [5.74, 6) is -0.135. The molecular weight excluding hydrogens is 291 g/mol. The molecule has 1 spiro atoms. The molecule has 3 rings (SSSR count). The maximum absolute atomic E-state index is 11.6. The Morgan fingerprint density at radius 2 is 1.78 bits per heavy atom. The number of carbonyl (C=O) groups excluding carboxylic acids is 1. The molecule has 0 amide bonds. The van der Waals surface area contributed by atoms with E-state index in [2.05, 4.69) is 24.3 Å². The fraction of sp³-hybridized carbons (Fsp3) is 0.400. The Morgan fingerprint density at radius 3 is 2.50 bits per heavy atom. The first kappa shape index (κ1) is 12.0. The molecule has 1 saturated carbocycles. The molecular formula is C15H16O2Se. The minimum absolute atomic E-state index is 0.135. The Hall–Kier alpha value is -1.05. The number of benzene rings is 1. The molecule has 1 heterocycles. The van der Waals surface area contributed by atoms with E-state index in [1.165, 1.54) is 28.2 Å². The normalized spacial score (nSPS) is 21.8. The molecule has 0 saturated heterocycles. The molecule has 1 aromatic carbocycles. The summed E-state index contributed by atoms with van der Waals surface area (Å²) < 4.78 is 8.22. The first-order valence-corrected chi connectivity index (χ1v) is 8.18. The van der Waals surface area contributed by atoms with Crippen LogP contribution < -0.4 is 4.46 Å². The van der Waals surface area contributed by atoms with E-state index in [1.807, 2.05) is 6.07 Å². The van der Waals surface area contributed by atoms with Crippen LogP contribution in [0.15, 0.2) is 40.9 Å². The number of hydrogen-bond acceptors (Lipinski definition) is 2. The number of hydrogen-bond donors (Lipinski definition) is 0. The van der Waals surface area contributed by atoms with E-state index < -0.39 is 0 Å². The topological polar surface area (TPSA) is 26.3 Å². The van der Waals surface area contributed by atoms with Gasteiger partial charge in [-0.3, -0.25) is 0 Å². The van der Waals surface area contributed by atoms with Crippen molar-refractivity contribution in [2.45, 2.75) is 37.7 Å². The number of carbonyl (C=O) groups is 1. The summed E-state index contributed by atoms with van der Waals surface area (Å²) in [6, 6.07) is 10.4. The summed E-state index contributed by atoms with van der Waals surface area (Å²) in [6.07, 6.45) is 7.40. The molecule has 0 atom stereocenters. The molecule has 94 valence electrons. The molecule has 0 N–H and O–H groups in total. The van der Waals surface area contributed by atoms with Crippen molar-refractivity contribution in [2.24, 2.45) is 0 Å². The van der Waals surface area contributed by atoms with E-state index in [0.29, 0.717) is 0 Å². The van der Waals surface area contributed by atoms with Crippen molar-refractivity contribution in [1.29, 1.82) is 0 Å². The van der Waals surface area contributed by atoms with Crippen molar-refractivity contribution < 1.29 is 9.53 Å².